The Morgan fingerprint density at radius 1 is 1.15 bits per heavy atom. The molecule has 1 aromatic heterocycles. The number of carbonyl (C=O) groups excluding carboxylic acids is 2. The summed E-state index contributed by atoms with van der Waals surface area (Å²) >= 11 is 0. The van der Waals surface area contributed by atoms with Crippen molar-refractivity contribution in [3.05, 3.63) is 53.9 Å². The molecule has 1 saturated heterocycles. The monoisotopic (exact) mass is 352 g/mol. The number of piperidine rings is 1. The number of ether oxygens (including phenoxy) is 1. The van der Waals surface area contributed by atoms with Gasteiger partial charge in [0.1, 0.15) is 6.10 Å². The highest BCUT2D eigenvalue weighted by Gasteiger charge is 2.32. The van der Waals surface area contributed by atoms with Crippen LogP contribution < -0.4 is 10.1 Å². The van der Waals surface area contributed by atoms with Crippen molar-refractivity contribution >= 4 is 11.8 Å². The van der Waals surface area contributed by atoms with Gasteiger partial charge in [0.15, 0.2) is 0 Å². The normalized spacial score (nSPS) is 19.8. The van der Waals surface area contributed by atoms with Gasteiger partial charge in [0.25, 0.3) is 5.91 Å². The van der Waals surface area contributed by atoms with Crippen LogP contribution in [0.3, 0.4) is 0 Å². The highest BCUT2D eigenvalue weighted by molar-refractivity contribution is 5.99. The minimum Gasteiger partial charge on any atom is -0.460 e. The number of fused-ring (bicyclic) bond motifs is 1. The summed E-state index contributed by atoms with van der Waals surface area (Å²) in [7, 11) is 0. The van der Waals surface area contributed by atoms with Gasteiger partial charge in [0.05, 0.1) is 12.5 Å². The number of nitrogens with one attached hydrogen (secondary N) is 1. The van der Waals surface area contributed by atoms with Gasteiger partial charge in [-0.15, -0.1) is 0 Å². The molecule has 2 aliphatic heterocycles. The zero-order chi connectivity index (χ0) is 17.9. The lowest BCUT2D eigenvalue weighted by Gasteiger charge is -2.32. The van der Waals surface area contributed by atoms with Crippen molar-refractivity contribution in [2.24, 2.45) is 0 Å². The first-order valence-electron chi connectivity index (χ1n) is 8.82. The van der Waals surface area contributed by atoms with E-state index in [0.717, 1.165) is 18.4 Å². The summed E-state index contributed by atoms with van der Waals surface area (Å²) in [6, 6.07) is 9.32. The smallest absolute Gasteiger partial charge is 0.316 e. The van der Waals surface area contributed by atoms with Crippen molar-refractivity contribution in [2.45, 2.75) is 31.4 Å². The minimum atomic E-state index is -0.238. The van der Waals surface area contributed by atoms with Gasteiger partial charge < -0.3 is 15.0 Å². The molecule has 1 atom stereocenters. The molecule has 2 aliphatic rings. The van der Waals surface area contributed by atoms with E-state index in [1.807, 2.05) is 23.1 Å². The van der Waals surface area contributed by atoms with Gasteiger partial charge in [-0.1, -0.05) is 18.2 Å². The molecule has 0 bridgehead atoms. The van der Waals surface area contributed by atoms with Gasteiger partial charge in [-0.3, -0.25) is 9.59 Å². The number of benzene rings is 1. The van der Waals surface area contributed by atoms with E-state index < -0.39 is 0 Å². The second kappa shape index (κ2) is 7.11. The van der Waals surface area contributed by atoms with Gasteiger partial charge in [-0.25, -0.2) is 9.97 Å². The molecule has 1 N–H and O–H groups in total. The third-order valence-electron chi connectivity index (χ3n) is 4.87. The molecule has 3 heterocycles. The number of amides is 2. The largest absolute Gasteiger partial charge is 0.460 e. The molecule has 2 aromatic rings. The summed E-state index contributed by atoms with van der Waals surface area (Å²) in [5.41, 5.74) is 1.57. The molecule has 26 heavy (non-hydrogen) atoms. The van der Waals surface area contributed by atoms with Crippen LogP contribution >= 0.6 is 0 Å². The SMILES string of the molecule is O=C1N[C@H](CC(=O)N2CCC(Oc3ncccn3)CC2)c2ccccc21. The Bertz CT molecular complexity index is 803. The first kappa shape index (κ1) is 16.5. The minimum absolute atomic E-state index is 0.0216. The molecule has 0 unspecified atom stereocenters. The Kier molecular flexibility index (Phi) is 4.51. The maximum Gasteiger partial charge on any atom is 0.316 e. The first-order chi connectivity index (χ1) is 12.7. The fraction of sp³-hybridized carbons (Fsp3) is 0.368. The number of nitrogens with zero attached hydrogens (tertiary/aromatic N) is 3. The summed E-state index contributed by atoms with van der Waals surface area (Å²) in [5, 5.41) is 2.90. The van der Waals surface area contributed by atoms with E-state index in [1.165, 1.54) is 0 Å². The number of aromatic nitrogens is 2. The summed E-state index contributed by atoms with van der Waals surface area (Å²) < 4.78 is 5.76. The van der Waals surface area contributed by atoms with Gasteiger partial charge in [-0.05, 0) is 17.7 Å². The van der Waals surface area contributed by atoms with Crippen molar-refractivity contribution < 1.29 is 14.3 Å². The molecular formula is C19H20N4O3. The first-order valence-corrected chi connectivity index (χ1v) is 8.82. The van der Waals surface area contributed by atoms with Crippen molar-refractivity contribution in [2.75, 3.05) is 13.1 Å². The maximum absolute atomic E-state index is 12.6. The van der Waals surface area contributed by atoms with E-state index in [9.17, 15) is 9.59 Å². The number of carbonyl (C=O) groups is 2. The molecule has 1 aromatic carbocycles. The molecule has 0 aliphatic carbocycles. The zero-order valence-corrected chi connectivity index (χ0v) is 14.3. The summed E-state index contributed by atoms with van der Waals surface area (Å²) in [5.74, 6) is -0.0465. The standard InChI is InChI=1S/C19H20N4O3/c24-17(12-16-14-4-1-2-5-15(14)18(25)22-16)23-10-6-13(7-11-23)26-19-20-8-3-9-21-19/h1-5,8-9,13,16H,6-7,10-12H2,(H,22,25)/t16-/m1/s1. The predicted octanol–water partition coefficient (Wildman–Crippen LogP) is 1.72. The van der Waals surface area contributed by atoms with Crippen LogP contribution in [0.2, 0.25) is 0 Å². The zero-order valence-electron chi connectivity index (χ0n) is 14.3. The van der Waals surface area contributed by atoms with E-state index in [1.54, 1.807) is 24.5 Å². The van der Waals surface area contributed by atoms with E-state index in [4.69, 9.17) is 4.74 Å². The lowest BCUT2D eigenvalue weighted by atomic mass is 10.0. The molecule has 7 nitrogen and oxygen atoms in total. The topological polar surface area (TPSA) is 84.4 Å². The fourth-order valence-corrected chi connectivity index (χ4v) is 3.50. The van der Waals surface area contributed by atoms with Crippen LogP contribution in [-0.2, 0) is 4.79 Å². The Balaban J connectivity index is 1.31. The Morgan fingerprint density at radius 2 is 1.88 bits per heavy atom. The highest BCUT2D eigenvalue weighted by Crippen LogP contribution is 2.28. The quantitative estimate of drug-likeness (QED) is 0.906. The molecule has 2 amide bonds. The van der Waals surface area contributed by atoms with Gasteiger partial charge >= 0.3 is 6.01 Å². The van der Waals surface area contributed by atoms with Crippen LogP contribution in [0.15, 0.2) is 42.7 Å². The maximum atomic E-state index is 12.6. The third kappa shape index (κ3) is 3.37. The van der Waals surface area contributed by atoms with Gasteiger partial charge in [0, 0.05) is 43.9 Å². The van der Waals surface area contributed by atoms with Crippen LogP contribution in [0.1, 0.15) is 41.2 Å². The molecule has 7 heteroatoms. The predicted molar refractivity (Wildman–Crippen MR) is 93.5 cm³/mol. The van der Waals surface area contributed by atoms with Crippen molar-refractivity contribution in [3.8, 4) is 6.01 Å². The second-order valence-corrected chi connectivity index (χ2v) is 6.55. The number of likely N-dealkylation sites (tertiary alicyclic amines) is 1. The van der Waals surface area contributed by atoms with Crippen LogP contribution in [0.5, 0.6) is 6.01 Å². The fourth-order valence-electron chi connectivity index (χ4n) is 3.50. The van der Waals surface area contributed by atoms with Crippen LogP contribution in [-0.4, -0.2) is 45.9 Å². The number of rotatable bonds is 4. The summed E-state index contributed by atoms with van der Waals surface area (Å²) in [6.45, 7) is 1.28. The highest BCUT2D eigenvalue weighted by atomic mass is 16.5. The third-order valence-corrected chi connectivity index (χ3v) is 4.87. The Morgan fingerprint density at radius 3 is 2.65 bits per heavy atom. The molecule has 0 saturated carbocycles. The molecule has 134 valence electrons. The Labute approximate surface area is 151 Å². The average Bonchev–Trinajstić information content (AvgIpc) is 2.99. The van der Waals surface area contributed by atoms with E-state index >= 15 is 0 Å². The summed E-state index contributed by atoms with van der Waals surface area (Å²) in [4.78, 5) is 34.6. The molecule has 1 fully saturated rings. The Hall–Kier alpha value is -2.96. The van der Waals surface area contributed by atoms with Crippen molar-refractivity contribution in [1.82, 2.24) is 20.2 Å². The molecular weight excluding hydrogens is 332 g/mol. The molecule has 0 radical (unpaired) electrons. The van der Waals surface area contributed by atoms with Gasteiger partial charge in [0.2, 0.25) is 5.91 Å². The van der Waals surface area contributed by atoms with Gasteiger partial charge in [-0.2, -0.15) is 0 Å². The average molecular weight is 352 g/mol. The van der Waals surface area contributed by atoms with Crippen LogP contribution in [0, 0.1) is 0 Å². The molecule has 0 spiro atoms. The van der Waals surface area contributed by atoms with E-state index in [-0.39, 0.29) is 30.4 Å². The number of hydrogen-bond donors (Lipinski definition) is 1. The van der Waals surface area contributed by atoms with E-state index in [0.29, 0.717) is 24.7 Å². The molecule has 4 rings (SSSR count). The van der Waals surface area contributed by atoms with Crippen LogP contribution in [0.4, 0.5) is 0 Å². The summed E-state index contributed by atoms with van der Waals surface area (Å²) in [6.07, 6.45) is 5.10. The lowest BCUT2D eigenvalue weighted by Crippen LogP contribution is -2.42. The van der Waals surface area contributed by atoms with E-state index in [2.05, 4.69) is 15.3 Å². The van der Waals surface area contributed by atoms with Crippen molar-refractivity contribution in [1.29, 1.82) is 0 Å². The second-order valence-electron chi connectivity index (χ2n) is 6.55. The van der Waals surface area contributed by atoms with Crippen LogP contribution in [0.25, 0.3) is 0 Å². The lowest BCUT2D eigenvalue weighted by molar-refractivity contribution is -0.133. The number of hydrogen-bond acceptors (Lipinski definition) is 5. The van der Waals surface area contributed by atoms with Crippen molar-refractivity contribution in [3.63, 3.8) is 0 Å².